The van der Waals surface area contributed by atoms with Crippen molar-refractivity contribution in [3.8, 4) is 11.9 Å². The number of nitrogens with one attached hydrogen (secondary N) is 1. The molecule has 1 N–H and O–H groups in total. The average molecular weight is 431 g/mol. The number of rotatable bonds is 6. The van der Waals surface area contributed by atoms with Crippen molar-refractivity contribution in [2.75, 3.05) is 14.2 Å². The number of aromatic nitrogens is 2. The maximum absolute atomic E-state index is 13.2. The quantitative estimate of drug-likeness (QED) is 0.685. The minimum absolute atomic E-state index is 0.0652. The zero-order valence-electron chi connectivity index (χ0n) is 18.9. The Labute approximate surface area is 184 Å². The molecular weight excluding hydrogens is 396 g/mol. The molecule has 2 aliphatic carbocycles. The first kappa shape index (κ1) is 23.0. The second-order valence-corrected chi connectivity index (χ2v) is 8.34. The van der Waals surface area contributed by atoms with Crippen molar-refractivity contribution in [1.29, 1.82) is 0 Å². The second kappa shape index (κ2) is 11.1. The first-order chi connectivity index (χ1) is 15.0. The number of carbonyl (C=O) groups is 2. The van der Waals surface area contributed by atoms with Gasteiger partial charge in [-0.15, -0.1) is 0 Å². The average Bonchev–Trinajstić information content (AvgIpc) is 2.79. The molecule has 3 amide bonds. The number of hydrogen-bond donors (Lipinski definition) is 1. The van der Waals surface area contributed by atoms with Crippen molar-refractivity contribution >= 4 is 18.0 Å². The molecule has 0 bridgehead atoms. The largest absolute Gasteiger partial charge is 0.480 e. The van der Waals surface area contributed by atoms with Gasteiger partial charge in [-0.1, -0.05) is 38.5 Å². The van der Waals surface area contributed by atoms with Gasteiger partial charge < -0.3 is 14.8 Å². The highest BCUT2D eigenvalue weighted by atomic mass is 16.5. The van der Waals surface area contributed by atoms with Crippen molar-refractivity contribution in [3.63, 3.8) is 0 Å². The van der Waals surface area contributed by atoms with Crippen molar-refractivity contribution in [2.24, 2.45) is 0 Å². The van der Waals surface area contributed by atoms with Crippen LogP contribution in [0.2, 0.25) is 0 Å². The summed E-state index contributed by atoms with van der Waals surface area (Å²) in [7, 11) is 2.99. The Balaban J connectivity index is 1.80. The molecule has 170 valence electrons. The highest BCUT2D eigenvalue weighted by Gasteiger charge is 2.31. The SMILES string of the molecule is COc1nc(C)c(/C=C/C(=O)N(C(=O)NC2CCCCC2)C2CCCCC2)c(OC)n1. The summed E-state index contributed by atoms with van der Waals surface area (Å²) in [4.78, 5) is 36.2. The smallest absolute Gasteiger partial charge is 0.324 e. The number of amides is 3. The molecule has 31 heavy (non-hydrogen) atoms. The number of imide groups is 1. The van der Waals surface area contributed by atoms with Crippen molar-refractivity contribution in [2.45, 2.75) is 83.2 Å². The summed E-state index contributed by atoms with van der Waals surface area (Å²) in [5, 5.41) is 3.11. The van der Waals surface area contributed by atoms with E-state index in [9.17, 15) is 9.59 Å². The molecule has 0 unspecified atom stereocenters. The van der Waals surface area contributed by atoms with Gasteiger partial charge in [0.05, 0.1) is 25.5 Å². The van der Waals surface area contributed by atoms with Crippen LogP contribution < -0.4 is 14.8 Å². The van der Waals surface area contributed by atoms with Crippen LogP contribution in [0.3, 0.4) is 0 Å². The number of urea groups is 1. The second-order valence-electron chi connectivity index (χ2n) is 8.34. The van der Waals surface area contributed by atoms with E-state index in [1.807, 2.05) is 0 Å². The van der Waals surface area contributed by atoms with Crippen molar-refractivity contribution in [3.05, 3.63) is 17.3 Å². The molecule has 2 aliphatic rings. The van der Waals surface area contributed by atoms with E-state index in [1.54, 1.807) is 13.0 Å². The summed E-state index contributed by atoms with van der Waals surface area (Å²) in [6, 6.07) is 0.0164. The predicted octanol–water partition coefficient (Wildman–Crippen LogP) is 4.02. The van der Waals surface area contributed by atoms with Gasteiger partial charge in [0.25, 0.3) is 5.91 Å². The van der Waals surface area contributed by atoms with Gasteiger partial charge in [-0.2, -0.15) is 9.97 Å². The van der Waals surface area contributed by atoms with Gasteiger partial charge in [0, 0.05) is 18.2 Å². The van der Waals surface area contributed by atoms with Crippen LogP contribution in [0, 0.1) is 6.92 Å². The van der Waals surface area contributed by atoms with Crippen LogP contribution in [0.1, 0.15) is 75.5 Å². The molecule has 8 nitrogen and oxygen atoms in total. The molecule has 0 spiro atoms. The summed E-state index contributed by atoms with van der Waals surface area (Å²) < 4.78 is 10.4. The lowest BCUT2D eigenvalue weighted by Crippen LogP contribution is -2.52. The fourth-order valence-corrected chi connectivity index (χ4v) is 4.48. The summed E-state index contributed by atoms with van der Waals surface area (Å²) in [6.45, 7) is 1.80. The van der Waals surface area contributed by atoms with Crippen LogP contribution in [0.15, 0.2) is 6.08 Å². The third-order valence-electron chi connectivity index (χ3n) is 6.18. The standard InChI is InChI=1S/C23H34N4O4/c1-16-19(21(30-2)26-22(24-16)31-3)14-15-20(28)27(18-12-8-5-9-13-18)23(29)25-17-10-6-4-7-11-17/h14-15,17-18H,4-13H2,1-3H3,(H,25,29)/b15-14+. The van der Waals surface area contributed by atoms with E-state index >= 15 is 0 Å². The third-order valence-corrected chi connectivity index (χ3v) is 6.18. The molecule has 0 radical (unpaired) electrons. The summed E-state index contributed by atoms with van der Waals surface area (Å²) in [6.07, 6.45) is 13.4. The molecule has 0 aliphatic heterocycles. The highest BCUT2D eigenvalue weighted by Crippen LogP contribution is 2.26. The molecule has 1 aromatic heterocycles. The van der Waals surface area contributed by atoms with E-state index in [1.165, 1.54) is 31.6 Å². The lowest BCUT2D eigenvalue weighted by Gasteiger charge is -2.34. The maximum atomic E-state index is 13.2. The van der Waals surface area contributed by atoms with Crippen LogP contribution in [-0.4, -0.2) is 53.1 Å². The van der Waals surface area contributed by atoms with E-state index < -0.39 is 0 Å². The van der Waals surface area contributed by atoms with E-state index in [0.717, 1.165) is 57.8 Å². The van der Waals surface area contributed by atoms with Gasteiger partial charge in [-0.05, 0) is 38.7 Å². The summed E-state index contributed by atoms with van der Waals surface area (Å²) >= 11 is 0. The van der Waals surface area contributed by atoms with E-state index in [-0.39, 0.29) is 30.0 Å². The van der Waals surface area contributed by atoms with Crippen LogP contribution in [-0.2, 0) is 4.79 Å². The first-order valence-electron chi connectivity index (χ1n) is 11.3. The topological polar surface area (TPSA) is 93.7 Å². The van der Waals surface area contributed by atoms with Crippen LogP contribution in [0.4, 0.5) is 4.79 Å². The lowest BCUT2D eigenvalue weighted by molar-refractivity contribution is -0.125. The summed E-state index contributed by atoms with van der Waals surface area (Å²) in [5.74, 6) is 0.00162. The fourth-order valence-electron chi connectivity index (χ4n) is 4.48. The van der Waals surface area contributed by atoms with Crippen LogP contribution in [0.5, 0.6) is 11.9 Å². The normalized spacial score (nSPS) is 18.0. The lowest BCUT2D eigenvalue weighted by atomic mass is 9.93. The molecule has 2 fully saturated rings. The van der Waals surface area contributed by atoms with Gasteiger partial charge in [0.2, 0.25) is 5.88 Å². The first-order valence-corrected chi connectivity index (χ1v) is 11.3. The zero-order valence-corrected chi connectivity index (χ0v) is 18.9. The number of carbonyl (C=O) groups excluding carboxylic acids is 2. The van der Waals surface area contributed by atoms with Crippen LogP contribution >= 0.6 is 0 Å². The molecule has 0 atom stereocenters. The third kappa shape index (κ3) is 5.95. The molecule has 3 rings (SSSR count). The Morgan fingerprint density at radius 3 is 2.23 bits per heavy atom. The van der Waals surface area contributed by atoms with Gasteiger partial charge in [0.15, 0.2) is 0 Å². The molecule has 0 aromatic carbocycles. The summed E-state index contributed by atoms with van der Waals surface area (Å²) in [5.41, 5.74) is 1.22. The predicted molar refractivity (Wildman–Crippen MR) is 118 cm³/mol. The number of hydrogen-bond acceptors (Lipinski definition) is 6. The van der Waals surface area contributed by atoms with E-state index in [2.05, 4.69) is 15.3 Å². The fraction of sp³-hybridized carbons (Fsp3) is 0.652. The molecule has 0 saturated heterocycles. The Kier molecular flexibility index (Phi) is 8.26. The highest BCUT2D eigenvalue weighted by molar-refractivity contribution is 6.03. The Hall–Kier alpha value is -2.64. The molecule has 2 saturated carbocycles. The van der Waals surface area contributed by atoms with Gasteiger partial charge in [0.1, 0.15) is 0 Å². The van der Waals surface area contributed by atoms with Crippen molar-refractivity contribution < 1.29 is 19.1 Å². The molecule has 1 heterocycles. The Bertz CT molecular complexity index is 799. The minimum atomic E-state index is -0.322. The Morgan fingerprint density at radius 1 is 0.968 bits per heavy atom. The van der Waals surface area contributed by atoms with Gasteiger partial charge in [-0.3, -0.25) is 9.69 Å². The number of nitrogens with zero attached hydrogens (tertiary/aromatic N) is 3. The van der Waals surface area contributed by atoms with Crippen LogP contribution in [0.25, 0.3) is 6.08 Å². The van der Waals surface area contributed by atoms with E-state index in [0.29, 0.717) is 17.1 Å². The van der Waals surface area contributed by atoms with Crippen molar-refractivity contribution in [1.82, 2.24) is 20.2 Å². The number of aryl methyl sites for hydroxylation is 1. The maximum Gasteiger partial charge on any atom is 0.324 e. The van der Waals surface area contributed by atoms with Gasteiger partial charge in [-0.25, -0.2) is 4.79 Å². The number of ether oxygens (including phenoxy) is 2. The Morgan fingerprint density at radius 2 is 1.61 bits per heavy atom. The number of methoxy groups -OCH3 is 2. The molecule has 1 aromatic rings. The molecule has 8 heteroatoms. The van der Waals surface area contributed by atoms with Gasteiger partial charge >= 0.3 is 12.0 Å². The zero-order chi connectivity index (χ0) is 22.2. The van der Waals surface area contributed by atoms with E-state index in [4.69, 9.17) is 9.47 Å². The minimum Gasteiger partial charge on any atom is -0.480 e. The monoisotopic (exact) mass is 430 g/mol. The molecular formula is C23H34N4O4.